The number of rotatable bonds is 5. The first-order chi connectivity index (χ1) is 11.9. The van der Waals surface area contributed by atoms with Gasteiger partial charge in [0, 0.05) is 11.3 Å². The third kappa shape index (κ3) is 4.20. The molecule has 0 bridgehead atoms. The van der Waals surface area contributed by atoms with Crippen LogP contribution in [0.2, 0.25) is 0 Å². The number of anilines is 1. The Labute approximate surface area is 153 Å². The normalized spacial score (nSPS) is 16.3. The molecule has 0 saturated carbocycles. The van der Waals surface area contributed by atoms with Crippen molar-refractivity contribution in [2.24, 2.45) is 5.73 Å². The summed E-state index contributed by atoms with van der Waals surface area (Å²) in [6.45, 7) is 1.78. The van der Waals surface area contributed by atoms with E-state index in [1.807, 2.05) is 0 Å². The van der Waals surface area contributed by atoms with E-state index in [-0.39, 0.29) is 17.5 Å². The molecule has 0 aliphatic carbocycles. The molecule has 3 rings (SSSR count). The van der Waals surface area contributed by atoms with Gasteiger partial charge in [0.2, 0.25) is 5.91 Å². The summed E-state index contributed by atoms with van der Waals surface area (Å²) in [5.41, 5.74) is 6.97. The number of primary amides is 1. The van der Waals surface area contributed by atoms with Crippen molar-refractivity contribution in [1.29, 1.82) is 0 Å². The number of hydrogen-bond donors (Lipinski definition) is 3. The molecule has 1 aliphatic heterocycles. The van der Waals surface area contributed by atoms with Crippen molar-refractivity contribution in [1.82, 2.24) is 0 Å². The predicted molar refractivity (Wildman–Crippen MR) is 97.8 cm³/mol. The van der Waals surface area contributed by atoms with E-state index < -0.39 is 5.91 Å². The van der Waals surface area contributed by atoms with Crippen LogP contribution in [-0.2, 0) is 17.8 Å². The third-order valence-corrected chi connectivity index (χ3v) is 6.20. The minimum Gasteiger partial charge on any atom is -0.365 e. The fraction of sp³-hybridized carbons (Fsp3) is 0.294. The topological polar surface area (TPSA) is 76.6 Å². The second-order valence-corrected chi connectivity index (χ2v) is 8.15. The van der Waals surface area contributed by atoms with Gasteiger partial charge in [-0.2, -0.15) is 0 Å². The fourth-order valence-electron chi connectivity index (χ4n) is 2.81. The molecule has 4 N–H and O–H groups in total. The van der Waals surface area contributed by atoms with Crippen molar-refractivity contribution >= 4 is 39.9 Å². The molecule has 1 aliphatic rings. The zero-order valence-electron chi connectivity index (χ0n) is 13.7. The van der Waals surface area contributed by atoms with Gasteiger partial charge < -0.3 is 16.0 Å². The zero-order valence-corrected chi connectivity index (χ0v) is 15.4. The van der Waals surface area contributed by atoms with Crippen molar-refractivity contribution in [3.05, 3.63) is 46.1 Å². The van der Waals surface area contributed by atoms with Gasteiger partial charge in [0.25, 0.3) is 5.91 Å². The highest BCUT2D eigenvalue weighted by molar-refractivity contribution is 8.00. The first-order valence-electron chi connectivity index (χ1n) is 7.88. The molecule has 2 amide bonds. The minimum absolute atomic E-state index is 0.178. The van der Waals surface area contributed by atoms with Gasteiger partial charge in [-0.1, -0.05) is 0 Å². The van der Waals surface area contributed by atoms with Gasteiger partial charge in [-0.3, -0.25) is 9.59 Å². The van der Waals surface area contributed by atoms with E-state index >= 15 is 0 Å². The number of likely N-dealkylation sites (N-methyl/N-ethyl adjacent to an activating group) is 1. The summed E-state index contributed by atoms with van der Waals surface area (Å²) < 4.78 is 12.9. The lowest BCUT2D eigenvalue weighted by Crippen LogP contribution is -3.08. The van der Waals surface area contributed by atoms with Crippen LogP contribution in [0.4, 0.5) is 9.39 Å². The lowest BCUT2D eigenvalue weighted by molar-refractivity contribution is -0.895. The number of amides is 2. The molecule has 8 heteroatoms. The number of quaternary nitrogens is 1. The van der Waals surface area contributed by atoms with Crippen LogP contribution in [-0.4, -0.2) is 31.2 Å². The number of thiophene rings is 1. The first-order valence-corrected chi connectivity index (χ1v) is 9.68. The van der Waals surface area contributed by atoms with Crippen LogP contribution in [0.15, 0.2) is 29.2 Å². The number of nitrogens with one attached hydrogen (secondary N) is 2. The maximum Gasteiger partial charge on any atom is 0.252 e. The Morgan fingerprint density at radius 2 is 2.08 bits per heavy atom. The number of benzene rings is 1. The Kier molecular flexibility index (Phi) is 5.41. The summed E-state index contributed by atoms with van der Waals surface area (Å²) in [6.07, 6.45) is 0.788. The molecule has 0 fully saturated rings. The molecule has 0 radical (unpaired) electrons. The van der Waals surface area contributed by atoms with E-state index in [2.05, 4.69) is 12.4 Å². The van der Waals surface area contributed by atoms with E-state index in [1.165, 1.54) is 40.1 Å². The minimum atomic E-state index is -0.501. The van der Waals surface area contributed by atoms with Crippen molar-refractivity contribution < 1.29 is 18.9 Å². The van der Waals surface area contributed by atoms with Gasteiger partial charge in [-0.15, -0.1) is 23.1 Å². The highest BCUT2D eigenvalue weighted by Gasteiger charge is 2.28. The van der Waals surface area contributed by atoms with Crippen molar-refractivity contribution in [2.75, 3.05) is 24.7 Å². The summed E-state index contributed by atoms with van der Waals surface area (Å²) in [7, 11) is 2.10. The van der Waals surface area contributed by atoms with Crippen molar-refractivity contribution in [3.63, 3.8) is 0 Å². The average Bonchev–Trinajstić information content (AvgIpc) is 2.91. The molecule has 2 heterocycles. The molecule has 0 spiro atoms. The summed E-state index contributed by atoms with van der Waals surface area (Å²) in [4.78, 5) is 27.4. The Bertz CT molecular complexity index is 805. The summed E-state index contributed by atoms with van der Waals surface area (Å²) >= 11 is 2.75. The second-order valence-electron chi connectivity index (χ2n) is 6.00. The highest BCUT2D eigenvalue weighted by Crippen LogP contribution is 2.34. The van der Waals surface area contributed by atoms with E-state index in [0.29, 0.717) is 10.6 Å². The number of nitrogens with two attached hydrogens (primary N) is 1. The molecule has 25 heavy (non-hydrogen) atoms. The molecule has 1 unspecified atom stereocenters. The smallest absolute Gasteiger partial charge is 0.252 e. The first kappa shape index (κ1) is 17.9. The zero-order chi connectivity index (χ0) is 18.0. The maximum absolute atomic E-state index is 12.9. The average molecular weight is 380 g/mol. The third-order valence-electron chi connectivity index (χ3n) is 4.04. The SMILES string of the molecule is C[NH+]1CCc2c(sc(NC(=O)CSc3ccc(F)cc3)c2C(N)=O)C1. The summed E-state index contributed by atoms with van der Waals surface area (Å²) in [5.74, 6) is -0.844. The standard InChI is InChI=1S/C17H18FN3O2S2/c1-21-7-6-12-13(8-21)25-17(15(12)16(19)23)20-14(22)9-24-11-4-2-10(18)3-5-11/h2-5H,6-9H2,1H3,(H2,19,23)(H,20,22)/p+1. The van der Waals surface area contributed by atoms with Crippen LogP contribution < -0.4 is 16.0 Å². The van der Waals surface area contributed by atoms with Gasteiger partial charge in [0.1, 0.15) is 17.4 Å². The van der Waals surface area contributed by atoms with E-state index in [9.17, 15) is 14.0 Å². The number of fused-ring (bicyclic) bond motifs is 1. The Hall–Kier alpha value is -1.90. The molecule has 2 aromatic rings. The van der Waals surface area contributed by atoms with Crippen LogP contribution >= 0.6 is 23.1 Å². The highest BCUT2D eigenvalue weighted by atomic mass is 32.2. The number of carbonyl (C=O) groups excluding carboxylic acids is 2. The molecule has 0 saturated heterocycles. The Morgan fingerprint density at radius 3 is 2.76 bits per heavy atom. The van der Waals surface area contributed by atoms with Gasteiger partial charge in [0.05, 0.1) is 29.8 Å². The van der Waals surface area contributed by atoms with E-state index in [1.54, 1.807) is 12.1 Å². The second kappa shape index (κ2) is 7.55. The van der Waals surface area contributed by atoms with Crippen LogP contribution in [0.5, 0.6) is 0 Å². The van der Waals surface area contributed by atoms with Crippen molar-refractivity contribution in [3.8, 4) is 0 Å². The quantitative estimate of drug-likeness (QED) is 0.684. The molecule has 1 atom stereocenters. The van der Waals surface area contributed by atoms with Gasteiger partial charge in [-0.05, 0) is 29.8 Å². The molecule has 132 valence electrons. The molecule has 1 aromatic heterocycles. The van der Waals surface area contributed by atoms with Crippen molar-refractivity contribution in [2.45, 2.75) is 17.9 Å². The van der Waals surface area contributed by atoms with E-state index in [4.69, 9.17) is 5.73 Å². The number of carbonyl (C=O) groups is 2. The largest absolute Gasteiger partial charge is 0.365 e. The van der Waals surface area contributed by atoms with Crippen LogP contribution in [0.3, 0.4) is 0 Å². The maximum atomic E-state index is 12.9. The lowest BCUT2D eigenvalue weighted by Gasteiger charge is -2.19. The Morgan fingerprint density at radius 1 is 1.36 bits per heavy atom. The molecular formula is C17H19FN3O2S2+. The summed E-state index contributed by atoms with van der Waals surface area (Å²) in [5, 5.41) is 3.36. The lowest BCUT2D eigenvalue weighted by atomic mass is 10.0. The Balaban J connectivity index is 1.70. The van der Waals surface area contributed by atoms with Crippen LogP contribution in [0, 0.1) is 5.82 Å². The fourth-order valence-corrected chi connectivity index (χ4v) is 4.89. The number of hydrogen-bond acceptors (Lipinski definition) is 4. The van der Waals surface area contributed by atoms with Gasteiger partial charge >= 0.3 is 0 Å². The predicted octanol–water partition coefficient (Wildman–Crippen LogP) is 1.29. The molecule has 5 nitrogen and oxygen atoms in total. The van der Waals surface area contributed by atoms with Gasteiger partial charge in [-0.25, -0.2) is 4.39 Å². The molecule has 1 aromatic carbocycles. The number of halogens is 1. The van der Waals surface area contributed by atoms with Crippen LogP contribution in [0.1, 0.15) is 20.8 Å². The van der Waals surface area contributed by atoms with Gasteiger partial charge in [0.15, 0.2) is 0 Å². The number of thioether (sulfide) groups is 1. The summed E-state index contributed by atoms with van der Waals surface area (Å²) in [6, 6.07) is 5.98. The molecular weight excluding hydrogens is 361 g/mol. The van der Waals surface area contributed by atoms with E-state index in [0.717, 1.165) is 34.8 Å². The monoisotopic (exact) mass is 380 g/mol. The van der Waals surface area contributed by atoms with Crippen LogP contribution in [0.25, 0.3) is 0 Å².